The van der Waals surface area contributed by atoms with E-state index in [9.17, 15) is 0 Å². The molecule has 1 N–H and O–H groups in total. The molecule has 3 nitrogen and oxygen atoms in total. The van der Waals surface area contributed by atoms with Crippen molar-refractivity contribution in [1.82, 2.24) is 9.27 Å². The quantitative estimate of drug-likeness (QED) is 0.934. The fraction of sp³-hybridized carbons (Fsp3) is 0.438. The molecular formula is C16H19N3S. The number of nitrogens with one attached hydrogen (secondary N) is 1. The Balaban J connectivity index is 1.51. The Bertz CT molecular complexity index is 640. The molecule has 1 aromatic carbocycles. The van der Waals surface area contributed by atoms with Crippen LogP contribution < -0.4 is 5.32 Å². The summed E-state index contributed by atoms with van der Waals surface area (Å²) in [5, 5.41) is 4.75. The molecule has 3 fully saturated rings. The molecule has 0 amide bonds. The first-order chi connectivity index (χ1) is 9.79. The maximum absolute atomic E-state index is 4.31. The third-order valence-corrected chi connectivity index (χ3v) is 5.53. The van der Waals surface area contributed by atoms with Crippen LogP contribution in [0.2, 0.25) is 0 Å². The Kier molecular flexibility index (Phi) is 3.00. The van der Waals surface area contributed by atoms with Crippen LogP contribution in [0.1, 0.15) is 12.8 Å². The van der Waals surface area contributed by atoms with Crippen molar-refractivity contribution in [2.45, 2.75) is 12.8 Å². The van der Waals surface area contributed by atoms with Crippen LogP contribution in [0.25, 0.3) is 10.1 Å². The molecule has 4 heteroatoms. The van der Waals surface area contributed by atoms with Crippen LogP contribution in [0.4, 0.5) is 5.69 Å². The Morgan fingerprint density at radius 1 is 1.35 bits per heavy atom. The average molecular weight is 285 g/mol. The van der Waals surface area contributed by atoms with Crippen molar-refractivity contribution >= 4 is 27.3 Å². The van der Waals surface area contributed by atoms with E-state index >= 15 is 0 Å². The molecule has 5 rings (SSSR count). The van der Waals surface area contributed by atoms with E-state index in [2.05, 4.69) is 39.4 Å². The number of nitrogens with zero attached hydrogens (tertiary/aromatic N) is 2. The molecule has 1 aromatic heterocycles. The summed E-state index contributed by atoms with van der Waals surface area (Å²) in [7, 11) is 0. The lowest BCUT2D eigenvalue weighted by molar-refractivity contribution is 0.0690. The second kappa shape index (κ2) is 4.86. The number of rotatable bonds is 3. The summed E-state index contributed by atoms with van der Waals surface area (Å²) in [4.78, 5) is 2.57. The highest BCUT2D eigenvalue weighted by molar-refractivity contribution is 7.13. The average Bonchev–Trinajstić information content (AvgIpc) is 2.96. The molecule has 4 heterocycles. The molecule has 104 valence electrons. The van der Waals surface area contributed by atoms with Gasteiger partial charge in [-0.1, -0.05) is 6.58 Å². The summed E-state index contributed by atoms with van der Waals surface area (Å²) in [6.07, 6.45) is 4.59. The standard InChI is InChI=1S/C16H19N3S/c1-11(15-10-19-6-4-12(15)5-7-19)18-14-3-2-13-9-17-20-16(13)8-14/h2-3,8-9,12,15,18H,1,4-7,10H2. The first-order valence-electron chi connectivity index (χ1n) is 7.32. The topological polar surface area (TPSA) is 28.2 Å². The predicted molar refractivity (Wildman–Crippen MR) is 85.0 cm³/mol. The predicted octanol–water partition coefficient (Wildman–Crippen LogP) is 3.56. The van der Waals surface area contributed by atoms with Gasteiger partial charge in [-0.05, 0) is 61.6 Å². The summed E-state index contributed by atoms with van der Waals surface area (Å²) in [5.74, 6) is 1.43. The van der Waals surface area contributed by atoms with Gasteiger partial charge in [0.15, 0.2) is 0 Å². The molecule has 3 aliphatic heterocycles. The highest BCUT2D eigenvalue weighted by atomic mass is 32.1. The van der Waals surface area contributed by atoms with E-state index in [0.29, 0.717) is 5.92 Å². The molecule has 0 aliphatic carbocycles. The molecule has 0 radical (unpaired) electrons. The van der Waals surface area contributed by atoms with Gasteiger partial charge in [-0.15, -0.1) is 0 Å². The lowest BCUT2D eigenvalue weighted by atomic mass is 9.77. The number of anilines is 1. The van der Waals surface area contributed by atoms with Gasteiger partial charge in [0.1, 0.15) is 0 Å². The van der Waals surface area contributed by atoms with Gasteiger partial charge in [-0.3, -0.25) is 0 Å². The highest BCUT2D eigenvalue weighted by Gasteiger charge is 2.35. The molecule has 2 bridgehead atoms. The molecule has 2 aromatic rings. The zero-order chi connectivity index (χ0) is 13.5. The minimum absolute atomic E-state index is 0.606. The lowest BCUT2D eigenvalue weighted by Crippen LogP contribution is -2.48. The fourth-order valence-electron chi connectivity index (χ4n) is 3.58. The Morgan fingerprint density at radius 2 is 2.20 bits per heavy atom. The van der Waals surface area contributed by atoms with Gasteiger partial charge in [0, 0.05) is 35.4 Å². The smallest absolute Gasteiger partial charge is 0.0570 e. The van der Waals surface area contributed by atoms with Crippen molar-refractivity contribution in [3.63, 3.8) is 0 Å². The van der Waals surface area contributed by atoms with Crippen LogP contribution in [0.3, 0.4) is 0 Å². The number of hydrogen-bond donors (Lipinski definition) is 1. The van der Waals surface area contributed by atoms with Crippen molar-refractivity contribution in [2.75, 3.05) is 25.0 Å². The molecule has 20 heavy (non-hydrogen) atoms. The van der Waals surface area contributed by atoms with Crippen LogP contribution in [0.5, 0.6) is 0 Å². The second-order valence-corrected chi connectivity index (χ2v) is 6.81. The minimum Gasteiger partial charge on any atom is -0.359 e. The first kappa shape index (κ1) is 12.4. The van der Waals surface area contributed by atoms with Crippen molar-refractivity contribution < 1.29 is 0 Å². The van der Waals surface area contributed by atoms with E-state index in [1.54, 1.807) is 11.5 Å². The van der Waals surface area contributed by atoms with Gasteiger partial charge < -0.3 is 10.2 Å². The summed E-state index contributed by atoms with van der Waals surface area (Å²) in [6.45, 7) is 8.05. The Labute approximate surface area is 123 Å². The first-order valence-corrected chi connectivity index (χ1v) is 8.09. The van der Waals surface area contributed by atoms with Gasteiger partial charge in [0.2, 0.25) is 0 Å². The second-order valence-electron chi connectivity index (χ2n) is 5.97. The Morgan fingerprint density at radius 3 is 2.95 bits per heavy atom. The molecule has 0 saturated carbocycles. The van der Waals surface area contributed by atoms with E-state index < -0.39 is 0 Å². The van der Waals surface area contributed by atoms with E-state index in [0.717, 1.165) is 11.6 Å². The normalized spacial score (nSPS) is 28.7. The van der Waals surface area contributed by atoms with Crippen molar-refractivity contribution in [2.24, 2.45) is 11.8 Å². The SMILES string of the molecule is C=C(Nc1ccc2cnsc2c1)C1CN2CCC1CC2. The number of benzene rings is 1. The third-order valence-electron chi connectivity index (χ3n) is 4.77. The van der Waals surface area contributed by atoms with E-state index in [4.69, 9.17) is 0 Å². The number of hydrogen-bond acceptors (Lipinski definition) is 4. The molecule has 3 saturated heterocycles. The van der Waals surface area contributed by atoms with E-state index in [1.807, 2.05) is 6.20 Å². The van der Waals surface area contributed by atoms with Gasteiger partial charge in [-0.25, -0.2) is 0 Å². The van der Waals surface area contributed by atoms with Crippen molar-refractivity contribution in [3.8, 4) is 0 Å². The maximum Gasteiger partial charge on any atom is 0.0570 e. The summed E-state index contributed by atoms with van der Waals surface area (Å²) in [5.41, 5.74) is 2.33. The van der Waals surface area contributed by atoms with Crippen molar-refractivity contribution in [1.29, 1.82) is 0 Å². The summed E-state index contributed by atoms with van der Waals surface area (Å²) in [6, 6.07) is 6.44. The third kappa shape index (κ3) is 2.13. The van der Waals surface area contributed by atoms with Gasteiger partial charge in [-0.2, -0.15) is 4.37 Å². The minimum atomic E-state index is 0.606. The number of fused-ring (bicyclic) bond motifs is 4. The molecule has 3 aliphatic rings. The van der Waals surface area contributed by atoms with Crippen LogP contribution in [0, 0.1) is 11.8 Å². The maximum atomic E-state index is 4.31. The zero-order valence-electron chi connectivity index (χ0n) is 11.5. The van der Waals surface area contributed by atoms with Crippen LogP contribution in [0.15, 0.2) is 36.7 Å². The monoisotopic (exact) mass is 285 g/mol. The summed E-state index contributed by atoms with van der Waals surface area (Å²) < 4.78 is 5.46. The van der Waals surface area contributed by atoms with Crippen LogP contribution in [-0.4, -0.2) is 28.9 Å². The zero-order valence-corrected chi connectivity index (χ0v) is 12.3. The molecule has 1 unspecified atom stereocenters. The summed E-state index contributed by atoms with van der Waals surface area (Å²) >= 11 is 1.55. The highest BCUT2D eigenvalue weighted by Crippen LogP contribution is 2.36. The number of aromatic nitrogens is 1. The van der Waals surface area contributed by atoms with Crippen LogP contribution in [-0.2, 0) is 0 Å². The number of piperidine rings is 3. The van der Waals surface area contributed by atoms with Gasteiger partial charge >= 0.3 is 0 Å². The van der Waals surface area contributed by atoms with Crippen molar-refractivity contribution in [3.05, 3.63) is 36.7 Å². The lowest BCUT2D eigenvalue weighted by Gasteiger charge is -2.45. The van der Waals surface area contributed by atoms with Gasteiger partial charge in [0.05, 0.1) is 4.70 Å². The van der Waals surface area contributed by atoms with Gasteiger partial charge in [0.25, 0.3) is 0 Å². The molecule has 1 atom stereocenters. The van der Waals surface area contributed by atoms with E-state index in [1.165, 1.54) is 48.3 Å². The van der Waals surface area contributed by atoms with Crippen LogP contribution >= 0.6 is 11.5 Å². The fourth-order valence-corrected chi connectivity index (χ4v) is 4.26. The largest absolute Gasteiger partial charge is 0.359 e. The van der Waals surface area contributed by atoms with E-state index in [-0.39, 0.29) is 0 Å². The molecule has 0 spiro atoms. The molecular weight excluding hydrogens is 266 g/mol. The Hall–Kier alpha value is -1.39.